The van der Waals surface area contributed by atoms with Crippen molar-refractivity contribution in [2.24, 2.45) is 5.92 Å². The lowest BCUT2D eigenvalue weighted by Gasteiger charge is -2.34. The van der Waals surface area contributed by atoms with Gasteiger partial charge in [-0.25, -0.2) is 0 Å². The molecule has 11 rings (SSSR count). The Labute approximate surface area is 322 Å². The zero-order chi connectivity index (χ0) is 36.3. The van der Waals surface area contributed by atoms with Crippen molar-refractivity contribution in [2.45, 2.75) is 25.0 Å². The molecule has 7 aromatic carbocycles. The van der Waals surface area contributed by atoms with Gasteiger partial charge in [-0.2, -0.15) is 0 Å². The second-order valence-corrected chi connectivity index (χ2v) is 15.2. The third kappa shape index (κ3) is 5.40. The minimum Gasteiger partial charge on any atom is -0.360 e. The molecule has 2 nitrogen and oxygen atoms in total. The van der Waals surface area contributed by atoms with Gasteiger partial charge < -0.3 is 10.2 Å². The van der Waals surface area contributed by atoms with Gasteiger partial charge in [0, 0.05) is 5.92 Å². The predicted molar refractivity (Wildman–Crippen MR) is 234 cm³/mol. The number of fused-ring (bicyclic) bond motifs is 5. The minimum absolute atomic E-state index is 0.0606. The first-order valence-electron chi connectivity index (χ1n) is 19.6. The molecule has 1 aliphatic heterocycles. The maximum atomic E-state index is 3.84. The molecule has 55 heavy (non-hydrogen) atoms. The molecular formula is C53H40N2. The zero-order valence-electron chi connectivity index (χ0n) is 30.6. The number of para-hydroxylation sites is 2. The normalized spacial score (nSPS) is 19.7. The molecule has 2 heteroatoms. The summed E-state index contributed by atoms with van der Waals surface area (Å²) in [5.74, 6) is 0.403. The molecule has 0 amide bonds. The van der Waals surface area contributed by atoms with Crippen LogP contribution < -0.4 is 10.2 Å². The molecule has 0 aromatic heterocycles. The Morgan fingerprint density at radius 1 is 0.545 bits per heavy atom. The average molecular weight is 705 g/mol. The van der Waals surface area contributed by atoms with Gasteiger partial charge >= 0.3 is 0 Å². The molecule has 3 aliphatic carbocycles. The van der Waals surface area contributed by atoms with Gasteiger partial charge in [0.05, 0.1) is 17.4 Å². The van der Waals surface area contributed by atoms with Crippen LogP contribution in [0.5, 0.6) is 0 Å². The van der Waals surface area contributed by atoms with Crippen LogP contribution in [0.2, 0.25) is 0 Å². The predicted octanol–water partition coefficient (Wildman–Crippen LogP) is 13.8. The van der Waals surface area contributed by atoms with Crippen molar-refractivity contribution in [3.05, 3.63) is 211 Å². The van der Waals surface area contributed by atoms with E-state index in [1.165, 1.54) is 88.2 Å². The number of hydrogen-bond donors (Lipinski definition) is 1. The van der Waals surface area contributed by atoms with Crippen molar-refractivity contribution in [3.63, 3.8) is 0 Å². The van der Waals surface area contributed by atoms with Crippen molar-refractivity contribution in [2.75, 3.05) is 10.2 Å². The van der Waals surface area contributed by atoms with E-state index in [1.807, 2.05) is 0 Å². The van der Waals surface area contributed by atoms with E-state index in [0.29, 0.717) is 12.0 Å². The van der Waals surface area contributed by atoms with E-state index >= 15 is 0 Å². The molecule has 3 atom stereocenters. The zero-order valence-corrected chi connectivity index (χ0v) is 30.6. The lowest BCUT2D eigenvalue weighted by atomic mass is 9.78. The van der Waals surface area contributed by atoms with E-state index in [1.54, 1.807) is 0 Å². The quantitative estimate of drug-likeness (QED) is 0.179. The molecule has 0 bridgehead atoms. The highest BCUT2D eigenvalue weighted by Crippen LogP contribution is 2.47. The summed E-state index contributed by atoms with van der Waals surface area (Å²) in [5.41, 5.74) is 12.8. The molecule has 0 saturated heterocycles. The van der Waals surface area contributed by atoms with Crippen LogP contribution >= 0.6 is 0 Å². The Kier molecular flexibility index (Phi) is 7.55. The number of hydrogen-bond acceptors (Lipinski definition) is 2. The summed E-state index contributed by atoms with van der Waals surface area (Å²) in [7, 11) is 0. The minimum atomic E-state index is 0.0606. The van der Waals surface area contributed by atoms with E-state index in [4.69, 9.17) is 0 Å². The maximum Gasteiger partial charge on any atom is 0.126 e. The van der Waals surface area contributed by atoms with E-state index in [2.05, 4.69) is 204 Å². The molecule has 4 aliphatic rings. The first-order chi connectivity index (χ1) is 27.3. The summed E-state index contributed by atoms with van der Waals surface area (Å²) in [6.45, 7) is 0. The topological polar surface area (TPSA) is 15.3 Å². The van der Waals surface area contributed by atoms with E-state index in [-0.39, 0.29) is 6.17 Å². The smallest absolute Gasteiger partial charge is 0.126 e. The summed E-state index contributed by atoms with van der Waals surface area (Å²) < 4.78 is 0. The van der Waals surface area contributed by atoms with Crippen molar-refractivity contribution in [3.8, 4) is 22.3 Å². The van der Waals surface area contributed by atoms with Crippen molar-refractivity contribution < 1.29 is 0 Å². The fourth-order valence-electron chi connectivity index (χ4n) is 9.43. The Morgan fingerprint density at radius 3 is 2.16 bits per heavy atom. The molecule has 3 unspecified atom stereocenters. The van der Waals surface area contributed by atoms with Gasteiger partial charge in [0.2, 0.25) is 0 Å². The van der Waals surface area contributed by atoms with Gasteiger partial charge in [0.15, 0.2) is 0 Å². The maximum absolute atomic E-state index is 3.84. The number of benzene rings is 7. The van der Waals surface area contributed by atoms with Crippen LogP contribution in [-0.4, -0.2) is 6.04 Å². The highest BCUT2D eigenvalue weighted by atomic mass is 15.3. The standard InChI is InChI=1S/C53H40N2/c1-2-16-44(17-3-1)55-50-21-11-10-20-49(50)54-53(55)38-26-22-37(23-27-38)41-30-31-47-48(34-41)52(43-29-25-36-13-5-7-15-40(36)33-43)46-19-9-8-18-45(46)51(47)42-28-24-35-12-4-6-14-39(35)32-42/h1-16,18-31,33-34,39,44,53-54H,17,32H2. The third-order valence-corrected chi connectivity index (χ3v) is 12.1. The van der Waals surface area contributed by atoms with Crippen molar-refractivity contribution in [1.29, 1.82) is 0 Å². The molecule has 262 valence electrons. The van der Waals surface area contributed by atoms with Crippen LogP contribution in [0.15, 0.2) is 200 Å². The Hall–Kier alpha value is -6.64. The van der Waals surface area contributed by atoms with Gasteiger partial charge in [0.25, 0.3) is 0 Å². The van der Waals surface area contributed by atoms with Crippen LogP contribution in [0.4, 0.5) is 11.4 Å². The first-order valence-corrected chi connectivity index (χ1v) is 19.6. The number of rotatable bonds is 5. The van der Waals surface area contributed by atoms with Crippen molar-refractivity contribution in [1.82, 2.24) is 0 Å². The fraction of sp³-hybridized carbons (Fsp3) is 0.0943. The molecule has 0 radical (unpaired) electrons. The molecule has 1 heterocycles. The van der Waals surface area contributed by atoms with Crippen LogP contribution in [0.25, 0.3) is 60.1 Å². The molecule has 0 spiro atoms. The Bertz CT molecular complexity index is 2860. The average Bonchev–Trinajstić information content (AvgIpc) is 3.65. The number of nitrogens with one attached hydrogen (secondary N) is 1. The summed E-state index contributed by atoms with van der Waals surface area (Å²) in [5, 5.41) is 11.6. The molecule has 7 aromatic rings. The molecular weight excluding hydrogens is 665 g/mol. The third-order valence-electron chi connectivity index (χ3n) is 12.1. The molecule has 1 N–H and O–H groups in total. The summed E-state index contributed by atoms with van der Waals surface area (Å²) in [4.78, 5) is 2.54. The second-order valence-electron chi connectivity index (χ2n) is 15.2. The van der Waals surface area contributed by atoms with Gasteiger partial charge in [-0.3, -0.25) is 0 Å². The lowest BCUT2D eigenvalue weighted by molar-refractivity contribution is 0.633. The summed E-state index contributed by atoms with van der Waals surface area (Å²) in [6, 6.07) is 50.2. The number of anilines is 2. The fourth-order valence-corrected chi connectivity index (χ4v) is 9.43. The Morgan fingerprint density at radius 2 is 1.29 bits per heavy atom. The van der Waals surface area contributed by atoms with E-state index in [0.717, 1.165) is 12.8 Å². The second kappa shape index (κ2) is 13.0. The number of nitrogens with zero attached hydrogens (tertiary/aromatic N) is 1. The Balaban J connectivity index is 1.07. The van der Waals surface area contributed by atoms with Gasteiger partial charge in [0.1, 0.15) is 6.17 Å². The van der Waals surface area contributed by atoms with Crippen LogP contribution in [0.1, 0.15) is 30.1 Å². The monoisotopic (exact) mass is 704 g/mol. The number of allylic oxidation sites excluding steroid dienone is 10. The first kappa shape index (κ1) is 31.8. The largest absolute Gasteiger partial charge is 0.360 e. The van der Waals surface area contributed by atoms with Gasteiger partial charge in [-0.1, -0.05) is 170 Å². The SMILES string of the molecule is C1=CCC(N2c3ccccc3NC2c2ccc(-c3ccc4c(C5=CC=C6C=CC=CC6C5)c5ccccc5c(-c5ccc6ccccc6c5)c4c3)cc2)C=C1. The van der Waals surface area contributed by atoms with Gasteiger partial charge in [-0.05, 0) is 114 Å². The van der Waals surface area contributed by atoms with Crippen molar-refractivity contribution >= 4 is 49.3 Å². The lowest BCUT2D eigenvalue weighted by Crippen LogP contribution is -2.37. The highest BCUT2D eigenvalue weighted by Gasteiger charge is 2.34. The van der Waals surface area contributed by atoms with Crippen LogP contribution in [0, 0.1) is 5.92 Å². The van der Waals surface area contributed by atoms with Crippen LogP contribution in [-0.2, 0) is 0 Å². The molecule has 0 fully saturated rings. The highest BCUT2D eigenvalue weighted by molar-refractivity contribution is 6.20. The summed E-state index contributed by atoms with van der Waals surface area (Å²) in [6.07, 6.45) is 24.7. The molecule has 0 saturated carbocycles. The summed E-state index contributed by atoms with van der Waals surface area (Å²) >= 11 is 0. The van der Waals surface area contributed by atoms with Gasteiger partial charge in [-0.15, -0.1) is 0 Å². The van der Waals surface area contributed by atoms with E-state index in [9.17, 15) is 0 Å². The van der Waals surface area contributed by atoms with E-state index < -0.39 is 0 Å². The van der Waals surface area contributed by atoms with Crippen LogP contribution in [0.3, 0.4) is 0 Å².